The maximum absolute atomic E-state index is 13.2. The molecule has 0 aliphatic carbocycles. The Bertz CT molecular complexity index is 781. The summed E-state index contributed by atoms with van der Waals surface area (Å²) in [6.45, 7) is 0.0823. The Morgan fingerprint density at radius 3 is 2.70 bits per heavy atom. The SMILES string of the molecule is N#Cc1cc(S(=O)(=O)NCc2ccc(Cl)s2)ccc1F. The van der Waals surface area contributed by atoms with Crippen molar-refractivity contribution < 1.29 is 12.8 Å². The van der Waals surface area contributed by atoms with E-state index in [0.717, 1.165) is 23.1 Å². The molecule has 0 radical (unpaired) electrons. The predicted molar refractivity (Wildman–Crippen MR) is 74.5 cm³/mol. The molecule has 0 aliphatic rings. The number of nitriles is 1. The molecule has 0 amide bonds. The molecule has 0 saturated heterocycles. The van der Waals surface area contributed by atoms with Gasteiger partial charge in [-0.3, -0.25) is 0 Å². The van der Waals surface area contributed by atoms with Gasteiger partial charge in [0.1, 0.15) is 11.9 Å². The summed E-state index contributed by atoms with van der Waals surface area (Å²) in [7, 11) is -3.80. The lowest BCUT2D eigenvalue weighted by Gasteiger charge is -2.06. The van der Waals surface area contributed by atoms with Crippen LogP contribution in [0.1, 0.15) is 10.4 Å². The van der Waals surface area contributed by atoms with E-state index in [1.165, 1.54) is 11.3 Å². The molecular formula is C12H8ClFN2O2S2. The summed E-state index contributed by atoms with van der Waals surface area (Å²) in [6, 6.07) is 8.04. The lowest BCUT2D eigenvalue weighted by atomic mass is 10.2. The summed E-state index contributed by atoms with van der Waals surface area (Å²) in [5.41, 5.74) is -0.313. The summed E-state index contributed by atoms with van der Waals surface area (Å²) in [4.78, 5) is 0.597. The van der Waals surface area contributed by atoms with Gasteiger partial charge in [0.2, 0.25) is 10.0 Å². The van der Waals surface area contributed by atoms with Crippen LogP contribution in [0, 0.1) is 17.1 Å². The number of hydrogen-bond acceptors (Lipinski definition) is 4. The van der Waals surface area contributed by atoms with Gasteiger partial charge in [-0.2, -0.15) is 5.26 Å². The van der Waals surface area contributed by atoms with E-state index in [4.69, 9.17) is 16.9 Å². The highest BCUT2D eigenvalue weighted by molar-refractivity contribution is 7.89. The number of sulfonamides is 1. The third-order valence-corrected chi connectivity index (χ3v) is 5.06. The van der Waals surface area contributed by atoms with E-state index in [9.17, 15) is 12.8 Å². The maximum Gasteiger partial charge on any atom is 0.240 e. The Balaban J connectivity index is 2.20. The van der Waals surface area contributed by atoms with Crippen LogP contribution in [-0.4, -0.2) is 8.42 Å². The van der Waals surface area contributed by atoms with Gasteiger partial charge in [0.05, 0.1) is 14.8 Å². The lowest BCUT2D eigenvalue weighted by Crippen LogP contribution is -2.23. The molecular weight excluding hydrogens is 323 g/mol. The van der Waals surface area contributed by atoms with Crippen molar-refractivity contribution in [2.24, 2.45) is 0 Å². The van der Waals surface area contributed by atoms with Gasteiger partial charge in [0.15, 0.2) is 0 Å². The van der Waals surface area contributed by atoms with Crippen molar-refractivity contribution in [1.82, 2.24) is 4.72 Å². The minimum Gasteiger partial charge on any atom is -0.207 e. The van der Waals surface area contributed by atoms with Crippen LogP contribution in [0.15, 0.2) is 35.2 Å². The monoisotopic (exact) mass is 330 g/mol. The number of rotatable bonds is 4. The van der Waals surface area contributed by atoms with Gasteiger partial charge >= 0.3 is 0 Å². The second-order valence-corrected chi connectivity index (χ2v) is 7.35. The minimum atomic E-state index is -3.80. The van der Waals surface area contributed by atoms with Gasteiger partial charge in [-0.1, -0.05) is 11.6 Å². The third-order valence-electron chi connectivity index (χ3n) is 2.43. The molecule has 0 fully saturated rings. The maximum atomic E-state index is 13.2. The number of nitrogens with one attached hydrogen (secondary N) is 1. The smallest absolute Gasteiger partial charge is 0.207 e. The predicted octanol–water partition coefficient (Wildman–Crippen LogP) is 2.89. The van der Waals surface area contributed by atoms with E-state index in [1.807, 2.05) is 0 Å². The van der Waals surface area contributed by atoms with Crippen molar-refractivity contribution in [1.29, 1.82) is 5.26 Å². The van der Waals surface area contributed by atoms with Gasteiger partial charge in [-0.25, -0.2) is 17.5 Å². The minimum absolute atomic E-state index is 0.0823. The summed E-state index contributed by atoms with van der Waals surface area (Å²) in [6.07, 6.45) is 0. The fourth-order valence-electron chi connectivity index (χ4n) is 1.45. The molecule has 0 atom stereocenters. The van der Waals surface area contributed by atoms with Gasteiger partial charge in [0, 0.05) is 11.4 Å². The number of hydrogen-bond donors (Lipinski definition) is 1. The second kappa shape index (κ2) is 5.89. The highest BCUT2D eigenvalue weighted by Gasteiger charge is 2.16. The molecule has 0 saturated carbocycles. The average molecular weight is 331 g/mol. The van der Waals surface area contributed by atoms with Crippen molar-refractivity contribution in [3.05, 3.63) is 50.9 Å². The number of thiophene rings is 1. The van der Waals surface area contributed by atoms with E-state index in [2.05, 4.69) is 4.72 Å². The summed E-state index contributed by atoms with van der Waals surface area (Å²) >= 11 is 7.01. The van der Waals surface area contributed by atoms with Crippen LogP contribution < -0.4 is 4.72 Å². The standard InChI is InChI=1S/C12H8ClFN2O2S2/c13-12-4-1-9(19-12)7-16-20(17,18)10-2-3-11(14)8(5-10)6-15/h1-5,16H,7H2. The zero-order chi connectivity index (χ0) is 14.8. The van der Waals surface area contributed by atoms with Crippen LogP contribution in [0.3, 0.4) is 0 Å². The summed E-state index contributed by atoms with van der Waals surface area (Å²) in [5.74, 6) is -0.753. The highest BCUT2D eigenvalue weighted by Crippen LogP contribution is 2.22. The van der Waals surface area contributed by atoms with Crippen LogP contribution >= 0.6 is 22.9 Å². The first kappa shape index (κ1) is 14.9. The number of benzene rings is 1. The van der Waals surface area contributed by atoms with Crippen molar-refractivity contribution in [2.45, 2.75) is 11.4 Å². The Morgan fingerprint density at radius 1 is 1.35 bits per heavy atom. The molecule has 0 bridgehead atoms. The molecule has 104 valence electrons. The number of halogens is 2. The van der Waals surface area contributed by atoms with E-state index < -0.39 is 15.8 Å². The first-order valence-electron chi connectivity index (χ1n) is 5.36. The molecule has 0 unspecified atom stereocenters. The van der Waals surface area contributed by atoms with E-state index in [-0.39, 0.29) is 17.0 Å². The van der Waals surface area contributed by atoms with Gasteiger partial charge in [-0.05, 0) is 30.3 Å². The molecule has 1 aromatic heterocycles. The Hall–Kier alpha value is -1.46. The van der Waals surface area contributed by atoms with Gasteiger partial charge < -0.3 is 0 Å². The third kappa shape index (κ3) is 3.35. The van der Waals surface area contributed by atoms with Crippen LogP contribution in [0.4, 0.5) is 4.39 Å². The van der Waals surface area contributed by atoms with Gasteiger partial charge in [0.25, 0.3) is 0 Å². The largest absolute Gasteiger partial charge is 0.240 e. The molecule has 2 rings (SSSR count). The Kier molecular flexibility index (Phi) is 4.40. The van der Waals surface area contributed by atoms with Crippen LogP contribution in [0.2, 0.25) is 4.34 Å². The fourth-order valence-corrected chi connectivity index (χ4v) is 3.60. The first-order chi connectivity index (χ1) is 9.42. The van der Waals surface area contributed by atoms with Gasteiger partial charge in [-0.15, -0.1) is 11.3 Å². The molecule has 1 N–H and O–H groups in total. The second-order valence-electron chi connectivity index (χ2n) is 3.78. The fraction of sp³-hybridized carbons (Fsp3) is 0.0833. The molecule has 8 heteroatoms. The first-order valence-corrected chi connectivity index (χ1v) is 8.03. The quantitative estimate of drug-likeness (QED) is 0.937. The van der Waals surface area contributed by atoms with Crippen molar-refractivity contribution >= 4 is 33.0 Å². The molecule has 0 spiro atoms. The molecule has 1 heterocycles. The molecule has 2 aromatic rings. The van der Waals surface area contributed by atoms with E-state index in [1.54, 1.807) is 18.2 Å². The zero-order valence-electron chi connectivity index (χ0n) is 9.93. The lowest BCUT2D eigenvalue weighted by molar-refractivity contribution is 0.580. The molecule has 0 aliphatic heterocycles. The van der Waals surface area contributed by atoms with Crippen LogP contribution in [0.5, 0.6) is 0 Å². The van der Waals surface area contributed by atoms with Crippen molar-refractivity contribution in [3.8, 4) is 6.07 Å². The molecule has 20 heavy (non-hydrogen) atoms. The van der Waals surface area contributed by atoms with Crippen molar-refractivity contribution in [2.75, 3.05) is 0 Å². The van der Waals surface area contributed by atoms with Crippen molar-refractivity contribution in [3.63, 3.8) is 0 Å². The number of nitrogens with zero attached hydrogens (tertiary/aromatic N) is 1. The van der Waals surface area contributed by atoms with Crippen LogP contribution in [-0.2, 0) is 16.6 Å². The Labute approximate surface area is 124 Å². The van der Waals surface area contributed by atoms with E-state index in [0.29, 0.717) is 4.34 Å². The highest BCUT2D eigenvalue weighted by atomic mass is 35.5. The summed E-state index contributed by atoms with van der Waals surface area (Å²) in [5, 5.41) is 8.70. The Morgan fingerprint density at radius 2 is 2.10 bits per heavy atom. The van der Waals surface area contributed by atoms with E-state index >= 15 is 0 Å². The topological polar surface area (TPSA) is 70.0 Å². The molecule has 4 nitrogen and oxygen atoms in total. The normalized spacial score (nSPS) is 11.2. The van der Waals surface area contributed by atoms with Crippen LogP contribution in [0.25, 0.3) is 0 Å². The molecule has 1 aromatic carbocycles. The average Bonchev–Trinajstić information content (AvgIpc) is 2.83. The zero-order valence-corrected chi connectivity index (χ0v) is 12.3. The summed E-state index contributed by atoms with van der Waals surface area (Å²) < 4.78 is 40.1.